The first kappa shape index (κ1) is 12.7. The van der Waals surface area contributed by atoms with Crippen molar-refractivity contribution in [3.8, 4) is 0 Å². The monoisotopic (exact) mass is 246 g/mol. The predicted octanol–water partition coefficient (Wildman–Crippen LogP) is 3.96. The smallest absolute Gasteiger partial charge is 0.126 e. The second-order valence-electron chi connectivity index (χ2n) is 4.58. The highest BCUT2D eigenvalue weighted by atomic mass is 19.1. The molecule has 0 amide bonds. The molecule has 0 atom stereocenters. The number of rotatable bonds is 5. The number of nitrogens with one attached hydrogen (secondary N) is 1. The lowest BCUT2D eigenvalue weighted by atomic mass is 10.2. The molecule has 0 fully saturated rings. The number of hydrogen-bond acceptors (Lipinski definition) is 1. The summed E-state index contributed by atoms with van der Waals surface area (Å²) in [6.07, 6.45) is 5.38. The van der Waals surface area contributed by atoms with E-state index in [2.05, 4.69) is 35.3 Å². The first-order valence-corrected chi connectivity index (χ1v) is 6.33. The van der Waals surface area contributed by atoms with Crippen molar-refractivity contribution in [3.63, 3.8) is 0 Å². The molecule has 0 saturated carbocycles. The van der Waals surface area contributed by atoms with Gasteiger partial charge in [-0.15, -0.1) is 0 Å². The first-order valence-electron chi connectivity index (χ1n) is 6.33. The second-order valence-corrected chi connectivity index (χ2v) is 4.58. The van der Waals surface area contributed by atoms with Crippen molar-refractivity contribution in [3.05, 3.63) is 53.6 Å². The minimum absolute atomic E-state index is 0.158. The van der Waals surface area contributed by atoms with Gasteiger partial charge < -0.3 is 9.88 Å². The van der Waals surface area contributed by atoms with E-state index in [1.165, 1.54) is 11.6 Å². The summed E-state index contributed by atoms with van der Waals surface area (Å²) in [5, 5.41) is 3.30. The number of halogens is 1. The molecule has 2 nitrogen and oxygen atoms in total. The van der Waals surface area contributed by atoms with Gasteiger partial charge in [-0.3, -0.25) is 0 Å². The topological polar surface area (TPSA) is 17.0 Å². The van der Waals surface area contributed by atoms with Gasteiger partial charge in [0.05, 0.1) is 0 Å². The Morgan fingerprint density at radius 1 is 1.28 bits per heavy atom. The van der Waals surface area contributed by atoms with Crippen LogP contribution < -0.4 is 5.32 Å². The van der Waals surface area contributed by atoms with E-state index in [1.54, 1.807) is 13.0 Å². The third kappa shape index (κ3) is 3.13. The molecule has 18 heavy (non-hydrogen) atoms. The number of anilines is 1. The van der Waals surface area contributed by atoms with Crippen LogP contribution in [0, 0.1) is 12.7 Å². The van der Waals surface area contributed by atoms with Crippen LogP contribution in [0.5, 0.6) is 0 Å². The molecule has 0 aliphatic carbocycles. The first-order chi connectivity index (χ1) is 8.69. The van der Waals surface area contributed by atoms with Crippen molar-refractivity contribution in [2.45, 2.75) is 33.4 Å². The standard InChI is InChI=1S/C15H19FN2/c1-3-7-18-8-6-13(11-18)10-17-14-4-5-15(16)12(2)9-14/h4-6,8-9,11,17H,3,7,10H2,1-2H3. The zero-order valence-electron chi connectivity index (χ0n) is 10.9. The van der Waals surface area contributed by atoms with Gasteiger partial charge in [-0.1, -0.05) is 6.92 Å². The van der Waals surface area contributed by atoms with E-state index in [0.29, 0.717) is 5.56 Å². The summed E-state index contributed by atoms with van der Waals surface area (Å²) < 4.78 is 15.3. The van der Waals surface area contributed by atoms with E-state index in [4.69, 9.17) is 0 Å². The predicted molar refractivity (Wildman–Crippen MR) is 73.2 cm³/mol. The SMILES string of the molecule is CCCn1ccc(CNc2ccc(F)c(C)c2)c1. The maximum absolute atomic E-state index is 13.1. The molecule has 1 aromatic carbocycles. The third-order valence-electron chi connectivity index (χ3n) is 2.95. The number of hydrogen-bond donors (Lipinski definition) is 1. The Morgan fingerprint density at radius 3 is 2.83 bits per heavy atom. The summed E-state index contributed by atoms with van der Waals surface area (Å²) >= 11 is 0. The Kier molecular flexibility index (Phi) is 4.03. The van der Waals surface area contributed by atoms with Crippen LogP contribution in [0.1, 0.15) is 24.5 Å². The van der Waals surface area contributed by atoms with Gasteiger partial charge in [0.25, 0.3) is 0 Å². The Balaban J connectivity index is 1.95. The van der Waals surface area contributed by atoms with Gasteiger partial charge in [-0.05, 0) is 48.7 Å². The van der Waals surface area contributed by atoms with Crippen molar-refractivity contribution in [2.24, 2.45) is 0 Å². The molecule has 1 N–H and O–H groups in total. The molecule has 0 unspecified atom stereocenters. The largest absolute Gasteiger partial charge is 0.381 e. The zero-order chi connectivity index (χ0) is 13.0. The molecular weight excluding hydrogens is 227 g/mol. The summed E-state index contributed by atoms with van der Waals surface area (Å²) in [6.45, 7) is 5.76. The lowest BCUT2D eigenvalue weighted by Crippen LogP contribution is -1.99. The van der Waals surface area contributed by atoms with Crippen molar-refractivity contribution in [2.75, 3.05) is 5.32 Å². The van der Waals surface area contributed by atoms with E-state index in [1.807, 2.05) is 6.07 Å². The third-order valence-corrected chi connectivity index (χ3v) is 2.95. The summed E-state index contributed by atoms with van der Waals surface area (Å²) in [5.41, 5.74) is 2.87. The maximum Gasteiger partial charge on any atom is 0.126 e. The minimum Gasteiger partial charge on any atom is -0.381 e. The fourth-order valence-electron chi connectivity index (χ4n) is 1.95. The van der Waals surface area contributed by atoms with Crippen LogP contribution in [-0.2, 0) is 13.1 Å². The normalized spacial score (nSPS) is 10.6. The van der Waals surface area contributed by atoms with Crippen LogP contribution in [-0.4, -0.2) is 4.57 Å². The number of aromatic nitrogens is 1. The minimum atomic E-state index is -0.158. The summed E-state index contributed by atoms with van der Waals surface area (Å²) in [4.78, 5) is 0. The maximum atomic E-state index is 13.1. The van der Waals surface area contributed by atoms with Crippen LogP contribution in [0.2, 0.25) is 0 Å². The molecule has 0 radical (unpaired) electrons. The average Bonchev–Trinajstić information content (AvgIpc) is 2.79. The van der Waals surface area contributed by atoms with Gasteiger partial charge >= 0.3 is 0 Å². The van der Waals surface area contributed by atoms with Crippen molar-refractivity contribution < 1.29 is 4.39 Å². The molecule has 3 heteroatoms. The van der Waals surface area contributed by atoms with Crippen LogP contribution >= 0.6 is 0 Å². The second kappa shape index (κ2) is 5.71. The highest BCUT2D eigenvalue weighted by Crippen LogP contribution is 2.14. The van der Waals surface area contributed by atoms with Gasteiger partial charge in [-0.25, -0.2) is 4.39 Å². The molecule has 1 heterocycles. The van der Waals surface area contributed by atoms with Gasteiger partial charge in [-0.2, -0.15) is 0 Å². The van der Waals surface area contributed by atoms with Crippen molar-refractivity contribution >= 4 is 5.69 Å². The van der Waals surface area contributed by atoms with Crippen LogP contribution in [0.15, 0.2) is 36.7 Å². The molecule has 0 aliphatic rings. The van der Waals surface area contributed by atoms with E-state index >= 15 is 0 Å². The molecular formula is C15H19FN2. The van der Waals surface area contributed by atoms with E-state index in [-0.39, 0.29) is 5.82 Å². The fourth-order valence-corrected chi connectivity index (χ4v) is 1.95. The number of nitrogens with zero attached hydrogens (tertiary/aromatic N) is 1. The highest BCUT2D eigenvalue weighted by molar-refractivity contribution is 5.46. The Hall–Kier alpha value is -1.77. The molecule has 1 aromatic heterocycles. The molecule has 0 bridgehead atoms. The summed E-state index contributed by atoms with van der Waals surface area (Å²) in [6, 6.07) is 7.21. The van der Waals surface area contributed by atoms with Crippen LogP contribution in [0.4, 0.5) is 10.1 Å². The molecule has 0 aliphatic heterocycles. The zero-order valence-corrected chi connectivity index (χ0v) is 10.9. The van der Waals surface area contributed by atoms with Crippen molar-refractivity contribution in [1.82, 2.24) is 4.57 Å². The number of benzene rings is 1. The molecule has 0 spiro atoms. The molecule has 2 rings (SSSR count). The quantitative estimate of drug-likeness (QED) is 0.845. The van der Waals surface area contributed by atoms with Gasteiger partial charge in [0.15, 0.2) is 0 Å². The Bertz CT molecular complexity index is 517. The lowest BCUT2D eigenvalue weighted by Gasteiger charge is -2.06. The Morgan fingerprint density at radius 2 is 2.11 bits per heavy atom. The van der Waals surface area contributed by atoms with Crippen LogP contribution in [0.3, 0.4) is 0 Å². The van der Waals surface area contributed by atoms with Gasteiger partial charge in [0, 0.05) is 31.2 Å². The lowest BCUT2D eigenvalue weighted by molar-refractivity contribution is 0.618. The summed E-state index contributed by atoms with van der Waals surface area (Å²) in [5.74, 6) is -0.158. The van der Waals surface area contributed by atoms with Crippen molar-refractivity contribution in [1.29, 1.82) is 0 Å². The number of aryl methyl sites for hydroxylation is 2. The molecule has 2 aromatic rings. The van der Waals surface area contributed by atoms with E-state index in [0.717, 1.165) is 25.2 Å². The van der Waals surface area contributed by atoms with Gasteiger partial charge in [0.2, 0.25) is 0 Å². The van der Waals surface area contributed by atoms with E-state index in [9.17, 15) is 4.39 Å². The molecule has 96 valence electrons. The van der Waals surface area contributed by atoms with Crippen LogP contribution in [0.25, 0.3) is 0 Å². The highest BCUT2D eigenvalue weighted by Gasteiger charge is 2.00. The summed E-state index contributed by atoms with van der Waals surface area (Å²) in [7, 11) is 0. The van der Waals surface area contributed by atoms with Gasteiger partial charge in [0.1, 0.15) is 5.82 Å². The molecule has 0 saturated heterocycles. The van der Waals surface area contributed by atoms with E-state index < -0.39 is 0 Å². The average molecular weight is 246 g/mol. The Labute approximate surface area is 107 Å². The fraction of sp³-hybridized carbons (Fsp3) is 0.333.